The number of rotatable bonds is 5. The third-order valence-electron chi connectivity index (χ3n) is 3.31. The Hall–Kier alpha value is -0.620. The lowest BCUT2D eigenvalue weighted by molar-refractivity contribution is -0.146. The van der Waals surface area contributed by atoms with Crippen molar-refractivity contribution in [3.05, 3.63) is 0 Å². The first kappa shape index (κ1) is 15.4. The van der Waals surface area contributed by atoms with E-state index >= 15 is 0 Å². The van der Waals surface area contributed by atoms with E-state index in [1.54, 1.807) is 13.8 Å². The Morgan fingerprint density at radius 3 is 2.56 bits per heavy atom. The second-order valence-corrected chi connectivity index (χ2v) is 7.63. The van der Waals surface area contributed by atoms with Crippen LogP contribution in [0.5, 0.6) is 0 Å². The quantitative estimate of drug-likeness (QED) is 0.799. The molecule has 2 N–H and O–H groups in total. The van der Waals surface area contributed by atoms with Gasteiger partial charge in [0.1, 0.15) is 5.54 Å². The molecule has 106 valence electrons. The summed E-state index contributed by atoms with van der Waals surface area (Å²) in [5.74, 6) is -0.872. The van der Waals surface area contributed by atoms with E-state index in [4.69, 9.17) is 0 Å². The molecule has 6 heteroatoms. The SMILES string of the molecule is CC(C)CS(=O)(=O)NC1(C(=O)O)CCCC(C)C1. The summed E-state index contributed by atoms with van der Waals surface area (Å²) < 4.78 is 26.3. The molecule has 1 saturated carbocycles. The van der Waals surface area contributed by atoms with E-state index in [1.807, 2.05) is 6.92 Å². The summed E-state index contributed by atoms with van der Waals surface area (Å²) >= 11 is 0. The molecule has 0 spiro atoms. The largest absolute Gasteiger partial charge is 0.480 e. The molecular weight excluding hydrogens is 254 g/mol. The first-order chi connectivity index (χ1) is 8.17. The summed E-state index contributed by atoms with van der Waals surface area (Å²) in [6, 6.07) is 0. The number of sulfonamides is 1. The smallest absolute Gasteiger partial charge is 0.324 e. The van der Waals surface area contributed by atoms with Gasteiger partial charge in [0.05, 0.1) is 5.75 Å². The van der Waals surface area contributed by atoms with Crippen LogP contribution in [-0.4, -0.2) is 30.8 Å². The lowest BCUT2D eigenvalue weighted by Crippen LogP contribution is -2.57. The first-order valence-electron chi connectivity index (χ1n) is 6.42. The standard InChI is InChI=1S/C12H23NO4S/c1-9(2)8-18(16,17)13-12(11(14)15)6-4-5-10(3)7-12/h9-10,13H,4-8H2,1-3H3,(H,14,15). The van der Waals surface area contributed by atoms with Crippen molar-refractivity contribution >= 4 is 16.0 Å². The van der Waals surface area contributed by atoms with Gasteiger partial charge in [-0.15, -0.1) is 0 Å². The predicted molar refractivity (Wildman–Crippen MR) is 69.8 cm³/mol. The Bertz CT molecular complexity index is 404. The molecule has 0 heterocycles. The number of hydrogen-bond acceptors (Lipinski definition) is 3. The molecule has 1 fully saturated rings. The van der Waals surface area contributed by atoms with E-state index in [2.05, 4.69) is 4.72 Å². The summed E-state index contributed by atoms with van der Waals surface area (Å²) in [6.45, 7) is 5.57. The van der Waals surface area contributed by atoms with Gasteiger partial charge in [-0.05, 0) is 24.7 Å². The summed E-state index contributed by atoms with van der Waals surface area (Å²) in [5.41, 5.74) is -1.30. The predicted octanol–water partition coefficient (Wildman–Crippen LogP) is 1.60. The molecule has 1 aliphatic carbocycles. The van der Waals surface area contributed by atoms with Crippen molar-refractivity contribution in [1.82, 2.24) is 4.72 Å². The van der Waals surface area contributed by atoms with Crippen molar-refractivity contribution in [2.75, 3.05) is 5.75 Å². The molecule has 0 bridgehead atoms. The van der Waals surface area contributed by atoms with Crippen LogP contribution in [0.2, 0.25) is 0 Å². The lowest BCUT2D eigenvalue weighted by Gasteiger charge is -2.36. The topological polar surface area (TPSA) is 83.5 Å². The maximum Gasteiger partial charge on any atom is 0.324 e. The average molecular weight is 277 g/mol. The highest BCUT2D eigenvalue weighted by Crippen LogP contribution is 2.33. The third kappa shape index (κ3) is 3.95. The summed E-state index contributed by atoms with van der Waals surface area (Å²) in [7, 11) is -3.54. The zero-order valence-corrected chi connectivity index (χ0v) is 12.1. The Kier molecular flexibility index (Phi) is 4.78. The van der Waals surface area contributed by atoms with Gasteiger partial charge in [0, 0.05) is 0 Å². The van der Waals surface area contributed by atoms with Gasteiger partial charge >= 0.3 is 5.97 Å². The highest BCUT2D eigenvalue weighted by Gasteiger charge is 2.44. The lowest BCUT2D eigenvalue weighted by atomic mass is 9.77. The van der Waals surface area contributed by atoms with Crippen LogP contribution in [0.25, 0.3) is 0 Å². The maximum absolute atomic E-state index is 12.0. The Labute approximate surface area is 109 Å². The van der Waals surface area contributed by atoms with Crippen LogP contribution in [0, 0.1) is 11.8 Å². The summed E-state index contributed by atoms with van der Waals surface area (Å²) in [4.78, 5) is 11.5. The number of carbonyl (C=O) groups is 1. The Balaban J connectivity index is 2.90. The van der Waals surface area contributed by atoms with E-state index in [1.165, 1.54) is 0 Å². The van der Waals surface area contributed by atoms with Crippen LogP contribution in [0.3, 0.4) is 0 Å². The number of aliphatic carboxylic acids is 1. The van der Waals surface area contributed by atoms with Gasteiger partial charge in [0.15, 0.2) is 0 Å². The highest BCUT2D eigenvalue weighted by atomic mass is 32.2. The molecule has 0 aromatic rings. The first-order valence-corrected chi connectivity index (χ1v) is 8.07. The van der Waals surface area contributed by atoms with E-state index in [9.17, 15) is 18.3 Å². The molecule has 0 aliphatic heterocycles. The molecule has 1 aliphatic rings. The average Bonchev–Trinajstić information content (AvgIpc) is 2.13. The van der Waals surface area contributed by atoms with Crippen molar-refractivity contribution in [1.29, 1.82) is 0 Å². The molecule has 0 aromatic heterocycles. The fourth-order valence-corrected chi connectivity index (χ4v) is 4.49. The van der Waals surface area contributed by atoms with E-state index < -0.39 is 21.5 Å². The molecule has 18 heavy (non-hydrogen) atoms. The maximum atomic E-state index is 12.0. The van der Waals surface area contributed by atoms with Crippen LogP contribution in [0.1, 0.15) is 46.5 Å². The fraction of sp³-hybridized carbons (Fsp3) is 0.917. The van der Waals surface area contributed by atoms with E-state index in [0.717, 1.165) is 12.8 Å². The summed E-state index contributed by atoms with van der Waals surface area (Å²) in [5, 5.41) is 9.38. The van der Waals surface area contributed by atoms with Gasteiger partial charge in [0.2, 0.25) is 10.0 Å². The van der Waals surface area contributed by atoms with Crippen LogP contribution < -0.4 is 4.72 Å². The van der Waals surface area contributed by atoms with Gasteiger partial charge in [0.25, 0.3) is 0 Å². The molecule has 0 aromatic carbocycles. The van der Waals surface area contributed by atoms with Gasteiger partial charge < -0.3 is 5.11 Å². The van der Waals surface area contributed by atoms with Gasteiger partial charge in [-0.1, -0.05) is 33.6 Å². The van der Waals surface area contributed by atoms with Crippen LogP contribution >= 0.6 is 0 Å². The van der Waals surface area contributed by atoms with Gasteiger partial charge in [-0.2, -0.15) is 4.72 Å². The Morgan fingerprint density at radius 1 is 1.50 bits per heavy atom. The van der Waals surface area contributed by atoms with Crippen molar-refractivity contribution in [2.24, 2.45) is 11.8 Å². The Morgan fingerprint density at radius 2 is 2.11 bits per heavy atom. The third-order valence-corrected chi connectivity index (χ3v) is 5.12. The van der Waals surface area contributed by atoms with Crippen molar-refractivity contribution in [2.45, 2.75) is 52.0 Å². The molecule has 0 radical (unpaired) electrons. The minimum absolute atomic E-state index is 0.0191. The number of nitrogens with one attached hydrogen (secondary N) is 1. The normalized spacial score (nSPS) is 29.4. The molecule has 1 rings (SSSR count). The van der Waals surface area contributed by atoms with Gasteiger partial charge in [-0.25, -0.2) is 8.42 Å². The zero-order chi connectivity index (χ0) is 14.0. The summed E-state index contributed by atoms with van der Waals surface area (Å²) in [6.07, 6.45) is 2.46. The molecule has 2 atom stereocenters. The van der Waals surface area contributed by atoms with E-state index in [-0.39, 0.29) is 17.6 Å². The number of hydrogen-bond donors (Lipinski definition) is 2. The van der Waals surface area contributed by atoms with Crippen LogP contribution in [-0.2, 0) is 14.8 Å². The van der Waals surface area contributed by atoms with Crippen molar-refractivity contribution in [3.8, 4) is 0 Å². The molecular formula is C12H23NO4S. The monoisotopic (exact) mass is 277 g/mol. The van der Waals surface area contributed by atoms with E-state index in [0.29, 0.717) is 12.8 Å². The minimum atomic E-state index is -3.54. The molecule has 5 nitrogen and oxygen atoms in total. The van der Waals surface area contributed by atoms with Crippen LogP contribution in [0.15, 0.2) is 0 Å². The molecule has 0 saturated heterocycles. The highest BCUT2D eigenvalue weighted by molar-refractivity contribution is 7.89. The van der Waals surface area contributed by atoms with Crippen molar-refractivity contribution < 1.29 is 18.3 Å². The second kappa shape index (κ2) is 5.57. The van der Waals surface area contributed by atoms with Gasteiger partial charge in [-0.3, -0.25) is 4.79 Å². The minimum Gasteiger partial charge on any atom is -0.480 e. The number of carboxylic acids is 1. The second-order valence-electron chi connectivity index (χ2n) is 5.87. The molecule has 2 unspecified atom stereocenters. The number of carboxylic acid groups (broad SMARTS) is 1. The molecule has 0 amide bonds. The zero-order valence-electron chi connectivity index (χ0n) is 11.3. The van der Waals surface area contributed by atoms with Crippen LogP contribution in [0.4, 0.5) is 0 Å². The fourth-order valence-electron chi connectivity index (χ4n) is 2.66. The van der Waals surface area contributed by atoms with Crippen molar-refractivity contribution in [3.63, 3.8) is 0 Å².